The number of nitrogens with zero attached hydrogens (tertiary/aromatic N) is 2. The van der Waals surface area contributed by atoms with E-state index in [-0.39, 0.29) is 5.91 Å². The Morgan fingerprint density at radius 1 is 1.26 bits per heavy atom. The molecule has 0 radical (unpaired) electrons. The van der Waals surface area contributed by atoms with Crippen LogP contribution < -0.4 is 5.32 Å². The Hall–Kier alpha value is -1.75. The fraction of sp³-hybridized carbons (Fsp3) is 0.357. The summed E-state index contributed by atoms with van der Waals surface area (Å²) in [7, 11) is 0. The van der Waals surface area contributed by atoms with Crippen molar-refractivity contribution < 1.29 is 4.79 Å². The van der Waals surface area contributed by atoms with E-state index in [9.17, 15) is 4.79 Å². The fourth-order valence-electron chi connectivity index (χ4n) is 1.84. The molecule has 1 aromatic heterocycles. The lowest BCUT2D eigenvalue weighted by Crippen LogP contribution is -2.12. The third kappa shape index (κ3) is 3.38. The molecule has 1 N–H and O–H groups in total. The maximum Gasteiger partial charge on any atom is 0.269 e. The van der Waals surface area contributed by atoms with Crippen molar-refractivity contribution in [1.82, 2.24) is 9.59 Å². The second-order valence-corrected chi connectivity index (χ2v) is 5.06. The quantitative estimate of drug-likeness (QED) is 0.910. The highest BCUT2D eigenvalue weighted by atomic mass is 32.1. The zero-order chi connectivity index (χ0) is 13.7. The van der Waals surface area contributed by atoms with Crippen molar-refractivity contribution in [1.29, 1.82) is 0 Å². The second kappa shape index (κ2) is 6.43. The smallest absolute Gasteiger partial charge is 0.269 e. The van der Waals surface area contributed by atoms with Gasteiger partial charge in [-0.1, -0.05) is 36.9 Å². The van der Waals surface area contributed by atoms with E-state index in [2.05, 4.69) is 21.8 Å². The average Bonchev–Trinajstić information content (AvgIpc) is 2.90. The van der Waals surface area contributed by atoms with Gasteiger partial charge in [-0.05, 0) is 42.1 Å². The Morgan fingerprint density at radius 3 is 2.63 bits per heavy atom. The number of nitrogens with one attached hydrogen (secondary N) is 1. The van der Waals surface area contributed by atoms with Crippen LogP contribution in [0.4, 0.5) is 5.69 Å². The van der Waals surface area contributed by atoms with Crippen LogP contribution in [-0.4, -0.2) is 15.5 Å². The molecule has 0 saturated carbocycles. The average molecular weight is 275 g/mol. The lowest BCUT2D eigenvalue weighted by Gasteiger charge is -2.05. The molecule has 0 aliphatic rings. The molecule has 1 aromatic carbocycles. The largest absolute Gasteiger partial charge is 0.321 e. The molecule has 19 heavy (non-hydrogen) atoms. The lowest BCUT2D eigenvalue weighted by molar-refractivity contribution is 0.102. The van der Waals surface area contributed by atoms with Crippen molar-refractivity contribution in [3.8, 4) is 0 Å². The van der Waals surface area contributed by atoms with Gasteiger partial charge in [0, 0.05) is 5.69 Å². The van der Waals surface area contributed by atoms with Gasteiger partial charge in [-0.25, -0.2) is 0 Å². The van der Waals surface area contributed by atoms with Gasteiger partial charge in [-0.2, -0.15) is 0 Å². The summed E-state index contributed by atoms with van der Waals surface area (Å²) in [6.07, 6.45) is 2.90. The minimum Gasteiger partial charge on any atom is -0.321 e. The number of anilines is 1. The predicted octanol–water partition coefficient (Wildman–Crippen LogP) is 3.31. The summed E-state index contributed by atoms with van der Waals surface area (Å²) >= 11 is 1.14. The predicted molar refractivity (Wildman–Crippen MR) is 77.7 cm³/mol. The summed E-state index contributed by atoms with van der Waals surface area (Å²) in [5.74, 6) is -0.130. The standard InChI is InChI=1S/C14H17N3OS/c1-3-5-10-6-8-11(9-7-10)15-14(18)13-12(4-2)16-17-19-13/h6-9H,3-5H2,1-2H3,(H,15,18). The van der Waals surface area contributed by atoms with Crippen molar-refractivity contribution in [3.05, 3.63) is 40.4 Å². The van der Waals surface area contributed by atoms with E-state index in [1.54, 1.807) is 0 Å². The van der Waals surface area contributed by atoms with Gasteiger partial charge in [0.25, 0.3) is 5.91 Å². The number of rotatable bonds is 5. The number of benzene rings is 1. The SMILES string of the molecule is CCCc1ccc(NC(=O)c2snnc2CC)cc1. The Labute approximate surface area is 117 Å². The number of amides is 1. The fourth-order valence-corrected chi connectivity index (χ4v) is 2.49. The Bertz CT molecular complexity index is 548. The monoisotopic (exact) mass is 275 g/mol. The molecule has 0 bridgehead atoms. The van der Waals surface area contributed by atoms with E-state index in [0.29, 0.717) is 11.3 Å². The number of hydrogen-bond acceptors (Lipinski definition) is 4. The van der Waals surface area contributed by atoms with Crippen LogP contribution in [0.25, 0.3) is 0 Å². The third-order valence-corrected chi connectivity index (χ3v) is 3.61. The molecule has 1 amide bonds. The van der Waals surface area contributed by atoms with Crippen molar-refractivity contribution in [3.63, 3.8) is 0 Å². The summed E-state index contributed by atoms with van der Waals surface area (Å²) < 4.78 is 3.82. The Balaban J connectivity index is 2.06. The van der Waals surface area contributed by atoms with Crippen LogP contribution in [0.2, 0.25) is 0 Å². The van der Waals surface area contributed by atoms with Crippen molar-refractivity contribution >= 4 is 23.1 Å². The second-order valence-electron chi connectivity index (χ2n) is 4.30. The topological polar surface area (TPSA) is 54.9 Å². The van der Waals surface area contributed by atoms with Crippen molar-refractivity contribution in [2.24, 2.45) is 0 Å². The minimum absolute atomic E-state index is 0.130. The lowest BCUT2D eigenvalue weighted by atomic mass is 10.1. The van der Waals surface area contributed by atoms with E-state index in [4.69, 9.17) is 0 Å². The Kier molecular flexibility index (Phi) is 4.63. The summed E-state index contributed by atoms with van der Waals surface area (Å²) in [5, 5.41) is 6.82. The summed E-state index contributed by atoms with van der Waals surface area (Å²) in [6.45, 7) is 4.12. The van der Waals surface area contributed by atoms with E-state index in [1.807, 2.05) is 31.2 Å². The number of hydrogen-bond donors (Lipinski definition) is 1. The highest BCUT2D eigenvalue weighted by Crippen LogP contribution is 2.16. The summed E-state index contributed by atoms with van der Waals surface area (Å²) in [4.78, 5) is 12.7. The molecule has 2 aromatic rings. The van der Waals surface area contributed by atoms with Crippen LogP contribution in [0.15, 0.2) is 24.3 Å². The van der Waals surface area contributed by atoms with E-state index < -0.39 is 0 Å². The van der Waals surface area contributed by atoms with Crippen LogP contribution in [0, 0.1) is 0 Å². The maximum atomic E-state index is 12.1. The minimum atomic E-state index is -0.130. The number of aryl methyl sites for hydroxylation is 2. The summed E-state index contributed by atoms with van der Waals surface area (Å²) in [6, 6.07) is 7.96. The van der Waals surface area contributed by atoms with Gasteiger partial charge in [-0.15, -0.1) is 5.10 Å². The van der Waals surface area contributed by atoms with Gasteiger partial charge >= 0.3 is 0 Å². The number of aromatic nitrogens is 2. The molecular formula is C14H17N3OS. The third-order valence-electron chi connectivity index (χ3n) is 2.85. The maximum absolute atomic E-state index is 12.1. The van der Waals surface area contributed by atoms with Crippen LogP contribution in [-0.2, 0) is 12.8 Å². The molecular weight excluding hydrogens is 258 g/mol. The highest BCUT2D eigenvalue weighted by molar-refractivity contribution is 7.08. The van der Waals surface area contributed by atoms with Gasteiger partial charge < -0.3 is 5.32 Å². The van der Waals surface area contributed by atoms with E-state index >= 15 is 0 Å². The molecule has 0 unspecified atom stereocenters. The van der Waals surface area contributed by atoms with Gasteiger partial charge in [0.15, 0.2) is 0 Å². The van der Waals surface area contributed by atoms with Gasteiger partial charge in [0.2, 0.25) is 0 Å². The first kappa shape index (κ1) is 13.7. The molecule has 0 saturated heterocycles. The first-order chi connectivity index (χ1) is 9.24. The van der Waals surface area contributed by atoms with Crippen molar-refractivity contribution in [2.75, 3.05) is 5.32 Å². The molecule has 100 valence electrons. The van der Waals surface area contributed by atoms with Crippen molar-refractivity contribution in [2.45, 2.75) is 33.1 Å². The molecule has 1 heterocycles. The molecule has 0 aliphatic carbocycles. The van der Waals surface area contributed by atoms with Crippen LogP contribution >= 0.6 is 11.5 Å². The molecule has 5 heteroatoms. The van der Waals surface area contributed by atoms with Crippen LogP contribution in [0.5, 0.6) is 0 Å². The summed E-state index contributed by atoms with van der Waals surface area (Å²) in [5.41, 5.74) is 2.85. The van der Waals surface area contributed by atoms with Gasteiger partial charge in [-0.3, -0.25) is 4.79 Å². The zero-order valence-electron chi connectivity index (χ0n) is 11.1. The number of carbonyl (C=O) groups is 1. The first-order valence-corrected chi connectivity index (χ1v) is 7.23. The van der Waals surface area contributed by atoms with E-state index in [0.717, 1.165) is 35.8 Å². The molecule has 4 nitrogen and oxygen atoms in total. The molecule has 0 atom stereocenters. The molecule has 0 aliphatic heterocycles. The normalized spacial score (nSPS) is 10.4. The molecule has 0 fully saturated rings. The van der Waals surface area contributed by atoms with Crippen LogP contribution in [0.1, 0.15) is 41.2 Å². The zero-order valence-corrected chi connectivity index (χ0v) is 12.0. The van der Waals surface area contributed by atoms with Gasteiger partial charge in [0.1, 0.15) is 4.88 Å². The molecule has 2 rings (SSSR count). The first-order valence-electron chi connectivity index (χ1n) is 6.46. The van der Waals surface area contributed by atoms with Crippen LogP contribution in [0.3, 0.4) is 0 Å². The van der Waals surface area contributed by atoms with E-state index in [1.165, 1.54) is 5.56 Å². The highest BCUT2D eigenvalue weighted by Gasteiger charge is 2.14. The van der Waals surface area contributed by atoms with Gasteiger partial charge in [0.05, 0.1) is 5.69 Å². The molecule has 0 spiro atoms. The number of carbonyl (C=O) groups excluding carboxylic acids is 1. The Morgan fingerprint density at radius 2 is 2.00 bits per heavy atom.